The molecule has 23 heteroatoms. The van der Waals surface area contributed by atoms with Gasteiger partial charge in [-0.25, -0.2) is 9.59 Å². The number of likely N-dealkylation sites (N-methyl/N-ethyl adjacent to an activating group) is 1. The number of carbonyl (C=O) groups excluding carboxylic acids is 8. The largest absolute Gasteiger partial charge is 0.480 e. The summed E-state index contributed by atoms with van der Waals surface area (Å²) in [5, 5.41) is 41.7. The van der Waals surface area contributed by atoms with Crippen LogP contribution in [0.3, 0.4) is 0 Å². The molecule has 7 amide bonds. The summed E-state index contributed by atoms with van der Waals surface area (Å²) in [5.74, 6) is -11.7. The van der Waals surface area contributed by atoms with Crippen LogP contribution < -0.4 is 10.6 Å². The number of hydrogen-bond donors (Lipinski definition) is 6. The maximum absolute atomic E-state index is 13.2. The normalized spacial score (nSPS) is 16.1. The van der Waals surface area contributed by atoms with Crippen LogP contribution in [0.4, 0.5) is 0 Å². The van der Waals surface area contributed by atoms with E-state index in [0.717, 1.165) is 10.5 Å². The van der Waals surface area contributed by atoms with Gasteiger partial charge in [-0.3, -0.25) is 47.9 Å². The molecule has 0 radical (unpaired) electrons. The molecule has 2 fully saturated rings. The minimum Gasteiger partial charge on any atom is -0.480 e. The third-order valence-electron chi connectivity index (χ3n) is 9.68. The van der Waals surface area contributed by atoms with E-state index in [1.807, 2.05) is 25.1 Å². The van der Waals surface area contributed by atoms with Gasteiger partial charge in [-0.05, 0) is 70.9 Å². The number of aliphatic carboxylic acids is 4. The standard InChI is InChI=1S/C24H32N4O13.C15H20N2O4/c1-2-25(11-20(33)34)18(31)9-26(12-21(35)36)19(32)10-27(13-22(37)38)23(39)14-3-5-15(6-4-14)24(40)41-28-16(29)7-8-17(28)30;1-11-5-4-6-12(9-11)14(19)16-8-3-2-7-13(15(20)21)17-10-18/h14-15H,2-13H2,1H3,(H,33,34)(H,35,36)(H,37,38);4-6,9-10,13H,2-3,7-8H2,1H3,(H,16,19)(H,17,18)(H,20,21). The highest BCUT2D eigenvalue weighted by molar-refractivity contribution is 6.01. The molecule has 1 aromatic carbocycles. The molecule has 1 aliphatic heterocycles. The summed E-state index contributed by atoms with van der Waals surface area (Å²) < 4.78 is 0. The predicted octanol–water partition coefficient (Wildman–Crippen LogP) is -0.746. The summed E-state index contributed by atoms with van der Waals surface area (Å²) in [5.41, 5.74) is 1.63. The first-order chi connectivity index (χ1) is 29.3. The Balaban J connectivity index is 0.000000528. The highest BCUT2D eigenvalue weighted by atomic mass is 16.7. The molecule has 1 aliphatic carbocycles. The summed E-state index contributed by atoms with van der Waals surface area (Å²) in [6, 6.07) is 6.44. The molecular formula is C39H52N6O17. The van der Waals surface area contributed by atoms with Crippen LogP contribution in [-0.2, 0) is 57.6 Å². The Morgan fingerprint density at radius 1 is 0.774 bits per heavy atom. The molecule has 62 heavy (non-hydrogen) atoms. The summed E-state index contributed by atoms with van der Waals surface area (Å²) in [4.78, 5) is 148. The first kappa shape index (κ1) is 51.2. The Labute approximate surface area is 355 Å². The van der Waals surface area contributed by atoms with Crippen molar-refractivity contribution < 1.29 is 82.8 Å². The second-order valence-electron chi connectivity index (χ2n) is 14.4. The molecule has 1 unspecified atom stereocenters. The smallest absolute Gasteiger partial charge is 0.336 e. The SMILES string of the molecule is CCN(CC(=O)O)C(=O)CN(CC(=O)O)C(=O)CN(CC(=O)O)C(=O)C1CCC(C(=O)ON2C(=O)CCC2=O)CC1.Cc1cccc(C(=O)NCCCCC(NC=O)C(=O)O)c1. The van der Waals surface area contributed by atoms with Crippen molar-refractivity contribution in [3.05, 3.63) is 35.4 Å². The van der Waals surface area contributed by atoms with Crippen molar-refractivity contribution in [1.82, 2.24) is 30.4 Å². The molecule has 1 atom stereocenters. The van der Waals surface area contributed by atoms with Crippen LogP contribution in [0.25, 0.3) is 0 Å². The number of hydroxylamine groups is 2. The van der Waals surface area contributed by atoms with Gasteiger partial charge in [0.05, 0.1) is 5.92 Å². The van der Waals surface area contributed by atoms with Crippen molar-refractivity contribution in [2.75, 3.05) is 45.8 Å². The minimum absolute atomic E-state index is 0.0370. The molecule has 1 aromatic rings. The Hall–Kier alpha value is -6.94. The van der Waals surface area contributed by atoms with E-state index in [1.54, 1.807) is 6.07 Å². The second-order valence-corrected chi connectivity index (χ2v) is 14.4. The topological polar surface area (TPSA) is 332 Å². The fourth-order valence-electron chi connectivity index (χ4n) is 6.42. The third kappa shape index (κ3) is 17.3. The van der Waals surface area contributed by atoms with Crippen molar-refractivity contribution in [2.45, 2.75) is 77.7 Å². The number of imide groups is 1. The van der Waals surface area contributed by atoms with Gasteiger partial charge in [-0.2, -0.15) is 0 Å². The molecule has 0 bridgehead atoms. The van der Waals surface area contributed by atoms with E-state index in [1.165, 1.54) is 6.92 Å². The molecule has 0 spiro atoms. The lowest BCUT2D eigenvalue weighted by Gasteiger charge is -2.32. The molecule has 23 nitrogen and oxygen atoms in total. The number of aryl methyl sites for hydroxylation is 1. The molecule has 1 saturated heterocycles. The molecule has 2 aliphatic rings. The van der Waals surface area contributed by atoms with Gasteiger partial charge in [0.2, 0.25) is 24.1 Å². The fraction of sp³-hybridized carbons (Fsp3) is 0.538. The minimum atomic E-state index is -1.49. The van der Waals surface area contributed by atoms with E-state index in [0.29, 0.717) is 52.6 Å². The lowest BCUT2D eigenvalue weighted by Crippen LogP contribution is -2.51. The fourth-order valence-corrected chi connectivity index (χ4v) is 6.42. The lowest BCUT2D eigenvalue weighted by molar-refractivity contribution is -0.201. The number of amides is 7. The number of nitrogens with one attached hydrogen (secondary N) is 2. The van der Waals surface area contributed by atoms with E-state index in [-0.39, 0.29) is 51.0 Å². The van der Waals surface area contributed by atoms with Crippen molar-refractivity contribution in [2.24, 2.45) is 11.8 Å². The van der Waals surface area contributed by atoms with Gasteiger partial charge < -0.3 is 50.6 Å². The van der Waals surface area contributed by atoms with Crippen LogP contribution in [0.15, 0.2) is 24.3 Å². The zero-order chi connectivity index (χ0) is 46.5. The molecular weight excluding hydrogens is 824 g/mol. The van der Waals surface area contributed by atoms with Crippen LogP contribution in [-0.4, -0.2) is 164 Å². The van der Waals surface area contributed by atoms with Gasteiger partial charge in [-0.15, -0.1) is 5.06 Å². The Bertz CT molecular complexity index is 1830. The second kappa shape index (κ2) is 25.6. The Morgan fingerprint density at radius 2 is 1.31 bits per heavy atom. The molecule has 1 heterocycles. The Kier molecular flexibility index (Phi) is 21.2. The van der Waals surface area contributed by atoms with Crippen molar-refractivity contribution in [3.63, 3.8) is 0 Å². The van der Waals surface area contributed by atoms with Crippen LogP contribution in [0, 0.1) is 18.8 Å². The van der Waals surface area contributed by atoms with Crippen molar-refractivity contribution in [1.29, 1.82) is 0 Å². The number of carboxylic acids is 4. The molecule has 340 valence electrons. The number of carbonyl (C=O) groups is 12. The van der Waals surface area contributed by atoms with Gasteiger partial charge in [-0.1, -0.05) is 17.7 Å². The number of hydrogen-bond acceptors (Lipinski definition) is 13. The van der Waals surface area contributed by atoms with E-state index in [9.17, 15) is 67.7 Å². The third-order valence-corrected chi connectivity index (χ3v) is 9.68. The van der Waals surface area contributed by atoms with E-state index in [2.05, 4.69) is 10.6 Å². The van der Waals surface area contributed by atoms with E-state index in [4.69, 9.17) is 15.1 Å². The van der Waals surface area contributed by atoms with Gasteiger partial charge in [0, 0.05) is 37.4 Å². The molecule has 0 aromatic heterocycles. The first-order valence-corrected chi connectivity index (χ1v) is 19.6. The summed E-state index contributed by atoms with van der Waals surface area (Å²) in [7, 11) is 0. The van der Waals surface area contributed by atoms with Gasteiger partial charge >= 0.3 is 29.8 Å². The van der Waals surface area contributed by atoms with Crippen LogP contribution >= 0.6 is 0 Å². The molecule has 3 rings (SSSR count). The van der Waals surface area contributed by atoms with Gasteiger partial charge in [0.1, 0.15) is 38.8 Å². The molecule has 1 saturated carbocycles. The monoisotopic (exact) mass is 876 g/mol. The number of unbranched alkanes of at least 4 members (excludes halogenated alkanes) is 1. The van der Waals surface area contributed by atoms with Crippen LogP contribution in [0.2, 0.25) is 0 Å². The zero-order valence-electron chi connectivity index (χ0n) is 34.3. The van der Waals surface area contributed by atoms with E-state index < -0.39 is 110 Å². The maximum atomic E-state index is 13.2. The highest BCUT2D eigenvalue weighted by Crippen LogP contribution is 2.31. The lowest BCUT2D eigenvalue weighted by atomic mass is 9.81. The zero-order valence-corrected chi connectivity index (χ0v) is 34.3. The van der Waals surface area contributed by atoms with Gasteiger partial charge in [0.25, 0.3) is 17.7 Å². The van der Waals surface area contributed by atoms with Crippen LogP contribution in [0.1, 0.15) is 80.6 Å². The number of rotatable bonds is 23. The quantitative estimate of drug-likeness (QED) is 0.0448. The summed E-state index contributed by atoms with van der Waals surface area (Å²) in [6.07, 6.45) is 2.30. The Morgan fingerprint density at radius 3 is 1.84 bits per heavy atom. The summed E-state index contributed by atoms with van der Waals surface area (Å²) >= 11 is 0. The average molecular weight is 877 g/mol. The number of nitrogens with zero attached hydrogens (tertiary/aromatic N) is 4. The molecule has 6 N–H and O–H groups in total. The maximum Gasteiger partial charge on any atom is 0.336 e. The van der Waals surface area contributed by atoms with Crippen LogP contribution in [0.5, 0.6) is 0 Å². The highest BCUT2D eigenvalue weighted by Gasteiger charge is 2.38. The van der Waals surface area contributed by atoms with Crippen molar-refractivity contribution in [3.8, 4) is 0 Å². The summed E-state index contributed by atoms with van der Waals surface area (Å²) in [6.45, 7) is -0.380. The van der Waals surface area contributed by atoms with Gasteiger partial charge in [0.15, 0.2) is 0 Å². The van der Waals surface area contributed by atoms with E-state index >= 15 is 0 Å². The number of benzene rings is 1. The number of carboxylic acid groups (broad SMARTS) is 4. The predicted molar refractivity (Wildman–Crippen MR) is 209 cm³/mol. The van der Waals surface area contributed by atoms with Crippen molar-refractivity contribution >= 4 is 71.7 Å². The first-order valence-electron chi connectivity index (χ1n) is 19.6. The average Bonchev–Trinajstić information content (AvgIpc) is 3.53.